The molecule has 10 rings (SSSR count). The minimum Gasteiger partial charge on any atom is -0.488 e. The van der Waals surface area contributed by atoms with Crippen molar-refractivity contribution in [2.24, 2.45) is 11.8 Å². The van der Waals surface area contributed by atoms with Crippen LogP contribution >= 0.6 is 0 Å². The summed E-state index contributed by atoms with van der Waals surface area (Å²) in [5.41, 5.74) is 0.977. The number of halogens is 3. The monoisotopic (exact) mass is 772 g/mol. The highest BCUT2D eigenvalue weighted by Crippen LogP contribution is 2.64. The lowest BCUT2D eigenvalue weighted by molar-refractivity contribution is -0.139. The van der Waals surface area contributed by atoms with Crippen LogP contribution in [0.1, 0.15) is 91.6 Å². The Morgan fingerprint density at radius 2 is 1.49 bits per heavy atom. The van der Waals surface area contributed by atoms with Gasteiger partial charge in [0, 0.05) is 30.5 Å². The number of hydrogen-bond donors (Lipinski definition) is 0. The van der Waals surface area contributed by atoms with Gasteiger partial charge in [0.1, 0.15) is 24.5 Å². The number of allylic oxidation sites excluding steroid dienone is 1. The Morgan fingerprint density at radius 3 is 2.18 bits per heavy atom. The second kappa shape index (κ2) is 13.8. The third-order valence-electron chi connectivity index (χ3n) is 12.4. The number of ether oxygens (including phenoxy) is 3. The molecule has 0 bridgehead atoms. The molecule has 4 atom stereocenters. The van der Waals surface area contributed by atoms with Crippen LogP contribution in [0.4, 0.5) is 13.2 Å². The van der Waals surface area contributed by atoms with Gasteiger partial charge in [-0.2, -0.15) is 13.2 Å². The summed E-state index contributed by atoms with van der Waals surface area (Å²) in [5, 5.41) is 4.09. The molecular weight excluding hydrogens is 734 g/mol. The number of carbonyl (C=O) groups excluding carboxylic acids is 2. The number of piperidine rings is 1. The highest BCUT2D eigenvalue weighted by atomic mass is 19.4. The maximum atomic E-state index is 15.7. The summed E-state index contributed by atoms with van der Waals surface area (Å²) in [4.78, 5) is 31.5. The van der Waals surface area contributed by atoms with E-state index in [0.717, 1.165) is 29.5 Å². The third-order valence-corrected chi connectivity index (χ3v) is 12.4. The van der Waals surface area contributed by atoms with E-state index in [9.17, 15) is 9.59 Å². The maximum absolute atomic E-state index is 15.7. The molecular formula is C46H39F3N2O6. The minimum atomic E-state index is -4.75. The van der Waals surface area contributed by atoms with Crippen molar-refractivity contribution < 1.29 is 41.5 Å². The fourth-order valence-corrected chi connectivity index (χ4v) is 9.78. The predicted octanol–water partition coefficient (Wildman–Crippen LogP) is 9.42. The molecule has 0 amide bonds. The van der Waals surface area contributed by atoms with Crippen LogP contribution < -0.4 is 9.47 Å². The van der Waals surface area contributed by atoms with E-state index in [0.29, 0.717) is 25.3 Å². The molecule has 5 aliphatic rings. The first kappa shape index (κ1) is 35.7. The lowest BCUT2D eigenvalue weighted by Crippen LogP contribution is -2.44. The van der Waals surface area contributed by atoms with Crippen LogP contribution in [0.5, 0.6) is 11.6 Å². The summed E-state index contributed by atoms with van der Waals surface area (Å²) in [6.45, 7) is 1.36. The summed E-state index contributed by atoms with van der Waals surface area (Å²) >= 11 is 0. The number of epoxide rings is 1. The van der Waals surface area contributed by atoms with E-state index in [1.807, 2.05) is 91.0 Å². The first-order chi connectivity index (χ1) is 27.7. The average molecular weight is 773 g/mol. The first-order valence-corrected chi connectivity index (χ1v) is 19.6. The Hall–Kier alpha value is -5.68. The minimum absolute atomic E-state index is 0.0418. The predicted molar refractivity (Wildman–Crippen MR) is 201 cm³/mol. The molecule has 0 N–H and O–H groups in total. The van der Waals surface area contributed by atoms with Crippen molar-refractivity contribution in [3.63, 3.8) is 0 Å². The van der Waals surface area contributed by atoms with E-state index in [1.54, 1.807) is 0 Å². The van der Waals surface area contributed by atoms with Crippen molar-refractivity contribution in [1.29, 1.82) is 0 Å². The Labute approximate surface area is 327 Å². The van der Waals surface area contributed by atoms with Gasteiger partial charge in [-0.1, -0.05) is 97.4 Å². The van der Waals surface area contributed by atoms with E-state index in [4.69, 9.17) is 18.7 Å². The van der Waals surface area contributed by atoms with Crippen LogP contribution in [0.15, 0.2) is 113 Å². The summed E-state index contributed by atoms with van der Waals surface area (Å²) in [7, 11) is 0. The Bertz CT molecular complexity index is 2410. The van der Waals surface area contributed by atoms with Crippen LogP contribution in [0.3, 0.4) is 0 Å². The summed E-state index contributed by atoms with van der Waals surface area (Å²) in [6, 6.07) is 29.5. The van der Waals surface area contributed by atoms with Crippen molar-refractivity contribution in [1.82, 2.24) is 10.1 Å². The molecule has 57 heavy (non-hydrogen) atoms. The number of hydrogen-bond acceptors (Lipinski definition) is 8. The van der Waals surface area contributed by atoms with Gasteiger partial charge in [0.2, 0.25) is 11.4 Å². The van der Waals surface area contributed by atoms with Crippen molar-refractivity contribution in [2.45, 2.75) is 76.1 Å². The van der Waals surface area contributed by atoms with Crippen molar-refractivity contribution in [3.05, 3.63) is 159 Å². The number of likely N-dealkylation sites (tertiary alicyclic amines) is 1. The molecule has 0 saturated carbocycles. The van der Waals surface area contributed by atoms with Gasteiger partial charge in [-0.25, -0.2) is 0 Å². The third kappa shape index (κ3) is 6.05. The van der Waals surface area contributed by atoms with Crippen molar-refractivity contribution in [2.75, 3.05) is 6.54 Å². The number of nitrogens with zero attached hydrogens (tertiary/aromatic N) is 2. The second-order valence-electron chi connectivity index (χ2n) is 15.8. The van der Waals surface area contributed by atoms with Gasteiger partial charge < -0.3 is 18.7 Å². The molecule has 2 aliphatic heterocycles. The molecule has 2 saturated heterocycles. The molecule has 2 fully saturated rings. The fourth-order valence-electron chi connectivity index (χ4n) is 9.78. The molecule has 11 heteroatoms. The zero-order valence-electron chi connectivity index (χ0n) is 31.0. The molecule has 3 heterocycles. The van der Waals surface area contributed by atoms with Gasteiger partial charge in [-0.15, -0.1) is 0 Å². The van der Waals surface area contributed by atoms with Gasteiger partial charge >= 0.3 is 6.18 Å². The Morgan fingerprint density at radius 1 is 0.825 bits per heavy atom. The smallest absolute Gasteiger partial charge is 0.417 e. The molecule has 0 radical (unpaired) electrons. The highest BCUT2D eigenvalue weighted by Gasteiger charge is 2.72. The normalized spacial score (nSPS) is 23.7. The molecule has 1 spiro atoms. The van der Waals surface area contributed by atoms with Gasteiger partial charge in [0.15, 0.2) is 17.3 Å². The highest BCUT2D eigenvalue weighted by molar-refractivity contribution is 6.17. The second-order valence-corrected chi connectivity index (χ2v) is 15.8. The zero-order chi connectivity index (χ0) is 38.9. The Balaban J connectivity index is 1.06. The maximum Gasteiger partial charge on any atom is 0.417 e. The van der Waals surface area contributed by atoms with E-state index < -0.39 is 46.8 Å². The molecule has 4 aromatic carbocycles. The lowest BCUT2D eigenvalue weighted by Gasteiger charge is -2.40. The summed E-state index contributed by atoms with van der Waals surface area (Å²) in [6.07, 6.45) is -2.07. The average Bonchev–Trinajstić information content (AvgIpc) is 3.85. The van der Waals surface area contributed by atoms with Crippen LogP contribution in [0.25, 0.3) is 0 Å². The van der Waals surface area contributed by atoms with Gasteiger partial charge in [0.25, 0.3) is 5.88 Å². The number of alkyl halides is 3. The van der Waals surface area contributed by atoms with Crippen LogP contribution in [-0.2, 0) is 43.5 Å². The zero-order valence-corrected chi connectivity index (χ0v) is 31.0. The molecule has 290 valence electrons. The quantitative estimate of drug-likeness (QED) is 0.137. The van der Waals surface area contributed by atoms with Gasteiger partial charge in [-0.05, 0) is 77.2 Å². The molecule has 2 unspecified atom stereocenters. The van der Waals surface area contributed by atoms with Crippen molar-refractivity contribution in [3.8, 4) is 11.6 Å². The number of ketones is 2. The number of Topliss-reactive ketones (excluding diaryl/α,β-unsaturated/α-hetero) is 2. The standard InChI is InChI=1S/C46H39F3N2O6/c47-46(48,49)40-32(34-18-10-11-19-51(34)24-27-12-4-1-5-13-27)23-35(54-25-28-14-6-2-7-15-28)38-33(40)21-30-20-31-22-36-39(42(53)45(31)43(56-45)37(30)41(38)52)44(50-57-36)55-26-29-16-8-3-9-17-29/h1-9,12-17,23,30-31,34H,10-11,18-22,24-26H2/t30?,31-,34?,45+/m0/s1. The van der Waals surface area contributed by atoms with Crippen LogP contribution in [0, 0.1) is 11.8 Å². The fraction of sp³-hybridized carbons (Fsp3) is 0.326. The first-order valence-electron chi connectivity index (χ1n) is 19.6. The van der Waals surface area contributed by atoms with Gasteiger partial charge in [0.05, 0.1) is 11.1 Å². The number of rotatable bonds is 9. The largest absolute Gasteiger partial charge is 0.488 e. The van der Waals surface area contributed by atoms with E-state index in [-0.39, 0.29) is 77.7 Å². The molecule has 5 aromatic rings. The number of carbonyl (C=O) groups is 2. The SMILES string of the molecule is O=C1C2=C3O[C@]34C(=O)c3c(OCc5ccccc5)noc3C[C@@H]4CC2Cc2c1c(OCc1ccccc1)cc(C1CCCCN1Cc1ccccc1)c2C(F)(F)F. The molecule has 8 nitrogen and oxygen atoms in total. The van der Waals surface area contributed by atoms with Crippen LogP contribution in [0.2, 0.25) is 0 Å². The molecule has 1 aromatic heterocycles. The van der Waals surface area contributed by atoms with Gasteiger partial charge in [-0.3, -0.25) is 14.5 Å². The lowest BCUT2D eigenvalue weighted by atomic mass is 9.62. The van der Waals surface area contributed by atoms with E-state index >= 15 is 13.2 Å². The van der Waals surface area contributed by atoms with Crippen LogP contribution in [-0.4, -0.2) is 33.8 Å². The van der Waals surface area contributed by atoms with Crippen molar-refractivity contribution >= 4 is 11.6 Å². The van der Waals surface area contributed by atoms with E-state index in [2.05, 4.69) is 10.1 Å². The topological polar surface area (TPSA) is 94.4 Å². The Kier molecular flexibility index (Phi) is 8.62. The van der Waals surface area contributed by atoms with E-state index in [1.165, 1.54) is 6.07 Å². The summed E-state index contributed by atoms with van der Waals surface area (Å²) < 4.78 is 71.5. The summed E-state index contributed by atoms with van der Waals surface area (Å²) in [5.74, 6) is -1.28. The number of benzene rings is 4. The number of fused-ring (bicyclic) bond motifs is 3. The number of aromatic nitrogens is 1. The molecule has 3 aliphatic carbocycles.